The van der Waals surface area contributed by atoms with Gasteiger partial charge < -0.3 is 9.47 Å². The molecule has 0 aliphatic rings. The Bertz CT molecular complexity index is 117. The van der Waals surface area contributed by atoms with Crippen molar-refractivity contribution >= 4 is 0 Å². The topological polar surface area (TPSA) is 18.5 Å². The zero-order valence-corrected chi connectivity index (χ0v) is 7.15. The van der Waals surface area contributed by atoms with Gasteiger partial charge in [0.1, 0.15) is 0 Å². The number of hydrogen-bond donors (Lipinski definition) is 0. The van der Waals surface area contributed by atoms with Gasteiger partial charge in [-0.15, -0.1) is 0 Å². The second kappa shape index (κ2) is 5.37. The fraction of sp³-hybridized carbons (Fsp3) is 1.00. The lowest BCUT2D eigenvalue weighted by Crippen LogP contribution is -2.25. The summed E-state index contributed by atoms with van der Waals surface area (Å²) in [7, 11) is 0. The second-order valence-corrected chi connectivity index (χ2v) is 2.54. The van der Waals surface area contributed by atoms with Crippen LogP contribution in [-0.4, -0.2) is 32.1 Å². The molecule has 0 bridgehead atoms. The minimum atomic E-state index is -3.67. The third-order valence-corrected chi connectivity index (χ3v) is 1.00. The van der Waals surface area contributed by atoms with Crippen LogP contribution in [0.2, 0.25) is 0 Å². The van der Waals surface area contributed by atoms with Crippen LogP contribution in [0.5, 0.6) is 0 Å². The first-order chi connectivity index (χ1) is 5.48. The quantitative estimate of drug-likeness (QED) is 0.590. The Labute approximate surface area is 69.7 Å². The van der Waals surface area contributed by atoms with Crippen molar-refractivity contribution in [1.82, 2.24) is 0 Å². The largest absolute Gasteiger partial charge is 0.384 e. The van der Waals surface area contributed by atoms with Gasteiger partial charge in [0, 0.05) is 0 Å². The highest BCUT2D eigenvalue weighted by molar-refractivity contribution is 4.48. The van der Waals surface area contributed by atoms with Gasteiger partial charge in [0.25, 0.3) is 0 Å². The molecule has 12 heavy (non-hydrogen) atoms. The summed E-state index contributed by atoms with van der Waals surface area (Å²) in [4.78, 5) is 0. The molecule has 2 nitrogen and oxygen atoms in total. The highest BCUT2D eigenvalue weighted by atomic mass is 19.3. The van der Waals surface area contributed by atoms with Crippen molar-refractivity contribution in [3.8, 4) is 0 Å². The maximum absolute atomic E-state index is 12.0. The zero-order chi connectivity index (χ0) is 9.61. The monoisotopic (exact) mass is 186 g/mol. The van der Waals surface area contributed by atoms with E-state index in [4.69, 9.17) is 4.74 Å². The van der Waals surface area contributed by atoms with Gasteiger partial charge in [0.2, 0.25) is 0 Å². The standard InChI is InChI=1S/C7H13F3O2/c1-6(2)11-3-4-12-7(9,10)5-8/h6H,3-5H2,1-2H3. The van der Waals surface area contributed by atoms with Gasteiger partial charge in [-0.3, -0.25) is 0 Å². The van der Waals surface area contributed by atoms with E-state index in [-0.39, 0.29) is 19.3 Å². The maximum Gasteiger partial charge on any atom is 0.384 e. The SMILES string of the molecule is CC(C)OCCOC(F)(F)CF. The normalized spacial score (nSPS) is 12.5. The molecule has 0 saturated carbocycles. The molecule has 0 aromatic carbocycles. The fourth-order valence-electron chi connectivity index (χ4n) is 0.513. The number of rotatable bonds is 6. The predicted octanol–water partition coefficient (Wildman–Crippen LogP) is 1.99. The van der Waals surface area contributed by atoms with Crippen molar-refractivity contribution in [2.24, 2.45) is 0 Å². The summed E-state index contributed by atoms with van der Waals surface area (Å²) in [5.41, 5.74) is 0. The minimum Gasteiger partial charge on any atom is -0.376 e. The lowest BCUT2D eigenvalue weighted by molar-refractivity contribution is -0.251. The van der Waals surface area contributed by atoms with Crippen molar-refractivity contribution in [2.75, 3.05) is 19.9 Å². The van der Waals surface area contributed by atoms with Crippen LogP contribution in [0.4, 0.5) is 13.2 Å². The molecule has 0 atom stereocenters. The third-order valence-electron chi connectivity index (χ3n) is 1.00. The molecule has 74 valence electrons. The Morgan fingerprint density at radius 1 is 1.25 bits per heavy atom. The maximum atomic E-state index is 12.0. The molecule has 0 aliphatic heterocycles. The van der Waals surface area contributed by atoms with Crippen molar-refractivity contribution in [3.05, 3.63) is 0 Å². The summed E-state index contributed by atoms with van der Waals surface area (Å²) < 4.78 is 44.3. The predicted molar refractivity (Wildman–Crippen MR) is 38.0 cm³/mol. The van der Waals surface area contributed by atoms with E-state index in [1.54, 1.807) is 13.8 Å². The van der Waals surface area contributed by atoms with Crippen LogP contribution in [0.3, 0.4) is 0 Å². The molecular weight excluding hydrogens is 173 g/mol. The molecule has 0 fully saturated rings. The van der Waals surface area contributed by atoms with Crippen molar-refractivity contribution < 1.29 is 22.6 Å². The van der Waals surface area contributed by atoms with Gasteiger partial charge in [-0.2, -0.15) is 8.78 Å². The first kappa shape index (κ1) is 11.7. The number of hydrogen-bond acceptors (Lipinski definition) is 2. The van der Waals surface area contributed by atoms with E-state index < -0.39 is 12.8 Å². The van der Waals surface area contributed by atoms with E-state index >= 15 is 0 Å². The Morgan fingerprint density at radius 2 is 1.83 bits per heavy atom. The first-order valence-corrected chi connectivity index (χ1v) is 3.67. The Morgan fingerprint density at radius 3 is 2.25 bits per heavy atom. The highest BCUT2D eigenvalue weighted by Crippen LogP contribution is 2.14. The fourth-order valence-corrected chi connectivity index (χ4v) is 0.513. The van der Waals surface area contributed by atoms with E-state index in [0.717, 1.165) is 0 Å². The Balaban J connectivity index is 3.31. The lowest BCUT2D eigenvalue weighted by atomic mass is 10.5. The molecular formula is C7H13F3O2. The summed E-state index contributed by atoms with van der Waals surface area (Å²) >= 11 is 0. The van der Waals surface area contributed by atoms with Crippen LogP contribution in [0.25, 0.3) is 0 Å². The molecule has 0 rings (SSSR count). The van der Waals surface area contributed by atoms with E-state index in [1.165, 1.54) is 0 Å². The molecule has 0 amide bonds. The van der Waals surface area contributed by atoms with Crippen LogP contribution in [-0.2, 0) is 9.47 Å². The van der Waals surface area contributed by atoms with Crippen LogP contribution in [0.1, 0.15) is 13.8 Å². The molecule has 0 spiro atoms. The van der Waals surface area contributed by atoms with Gasteiger partial charge in [-0.25, -0.2) is 4.39 Å². The molecule has 5 heteroatoms. The van der Waals surface area contributed by atoms with Gasteiger partial charge in [-0.1, -0.05) is 0 Å². The molecule has 0 radical (unpaired) electrons. The Kier molecular flexibility index (Phi) is 5.24. The summed E-state index contributed by atoms with van der Waals surface area (Å²) in [5, 5.41) is 0. The highest BCUT2D eigenvalue weighted by Gasteiger charge is 2.29. The summed E-state index contributed by atoms with van der Waals surface area (Å²) in [6.45, 7) is 1.50. The number of alkyl halides is 3. The molecule has 0 saturated heterocycles. The molecule has 0 heterocycles. The van der Waals surface area contributed by atoms with Gasteiger partial charge in [-0.05, 0) is 13.8 Å². The van der Waals surface area contributed by atoms with Crippen LogP contribution >= 0.6 is 0 Å². The zero-order valence-electron chi connectivity index (χ0n) is 7.15. The number of halogens is 3. The van der Waals surface area contributed by atoms with E-state index in [1.807, 2.05) is 0 Å². The molecule has 0 aromatic heterocycles. The minimum absolute atomic E-state index is 0.0346. The summed E-state index contributed by atoms with van der Waals surface area (Å²) in [6, 6.07) is 0. The van der Waals surface area contributed by atoms with Crippen LogP contribution in [0, 0.1) is 0 Å². The van der Waals surface area contributed by atoms with Crippen LogP contribution < -0.4 is 0 Å². The third kappa shape index (κ3) is 6.42. The van der Waals surface area contributed by atoms with E-state index in [2.05, 4.69) is 4.74 Å². The van der Waals surface area contributed by atoms with Gasteiger partial charge >= 0.3 is 6.11 Å². The smallest absolute Gasteiger partial charge is 0.376 e. The first-order valence-electron chi connectivity index (χ1n) is 3.67. The van der Waals surface area contributed by atoms with Crippen molar-refractivity contribution in [1.29, 1.82) is 0 Å². The summed E-state index contributed by atoms with van der Waals surface area (Å²) in [5.74, 6) is 0. The average molecular weight is 186 g/mol. The van der Waals surface area contributed by atoms with Crippen molar-refractivity contribution in [2.45, 2.75) is 26.1 Å². The average Bonchev–Trinajstić information content (AvgIpc) is 1.98. The lowest BCUT2D eigenvalue weighted by Gasteiger charge is -2.13. The van der Waals surface area contributed by atoms with E-state index in [9.17, 15) is 13.2 Å². The van der Waals surface area contributed by atoms with E-state index in [0.29, 0.717) is 0 Å². The second-order valence-electron chi connectivity index (χ2n) is 2.54. The van der Waals surface area contributed by atoms with Crippen LogP contribution in [0.15, 0.2) is 0 Å². The van der Waals surface area contributed by atoms with Gasteiger partial charge in [0.15, 0.2) is 6.67 Å². The molecule has 0 aliphatic carbocycles. The number of ether oxygens (including phenoxy) is 2. The van der Waals surface area contributed by atoms with Gasteiger partial charge in [0.05, 0.1) is 19.3 Å². The Hall–Kier alpha value is -0.290. The molecule has 0 N–H and O–H groups in total. The summed E-state index contributed by atoms with van der Waals surface area (Å²) in [6.07, 6.45) is -3.70. The van der Waals surface area contributed by atoms with Crippen molar-refractivity contribution in [3.63, 3.8) is 0 Å². The molecule has 0 aromatic rings. The molecule has 0 unspecified atom stereocenters.